The maximum Gasteiger partial charge on any atom is 0.254 e. The molecule has 6 heteroatoms. The van der Waals surface area contributed by atoms with Gasteiger partial charge in [0.25, 0.3) is 5.91 Å². The Kier molecular flexibility index (Phi) is 4.73. The summed E-state index contributed by atoms with van der Waals surface area (Å²) in [6, 6.07) is 7.52. The van der Waals surface area contributed by atoms with Gasteiger partial charge in [-0.2, -0.15) is 0 Å². The molecule has 0 unspecified atom stereocenters. The molecule has 1 aromatic heterocycles. The standard InChI is InChI=1S/C17H20FN3O2/c18-10-13(11-19)12-21-4-3-14-9-15(1-2-16(14)21)17(22)20-5-7-23-8-6-20/h1-4,9-10H,5-8,11-12,19H2. The molecule has 0 radical (unpaired) electrons. The fourth-order valence-electron chi connectivity index (χ4n) is 2.78. The van der Waals surface area contributed by atoms with Crippen molar-refractivity contribution in [3.63, 3.8) is 0 Å². The molecule has 3 rings (SSSR count). The first-order chi connectivity index (χ1) is 11.2. The number of nitrogens with two attached hydrogens (primary N) is 1. The minimum Gasteiger partial charge on any atom is -0.378 e. The van der Waals surface area contributed by atoms with Crippen molar-refractivity contribution >= 4 is 16.8 Å². The van der Waals surface area contributed by atoms with Gasteiger partial charge in [-0.15, -0.1) is 0 Å². The van der Waals surface area contributed by atoms with E-state index in [1.54, 1.807) is 4.90 Å². The first kappa shape index (κ1) is 15.7. The highest BCUT2D eigenvalue weighted by molar-refractivity contribution is 5.98. The lowest BCUT2D eigenvalue weighted by Crippen LogP contribution is -2.40. The van der Waals surface area contributed by atoms with Crippen molar-refractivity contribution in [2.24, 2.45) is 5.73 Å². The second-order valence-corrected chi connectivity index (χ2v) is 5.59. The summed E-state index contributed by atoms with van der Waals surface area (Å²) < 4.78 is 19.9. The molecule has 0 bridgehead atoms. The van der Waals surface area contributed by atoms with Crippen molar-refractivity contribution in [1.29, 1.82) is 0 Å². The number of carbonyl (C=O) groups excluding carboxylic acids is 1. The van der Waals surface area contributed by atoms with E-state index in [4.69, 9.17) is 10.5 Å². The van der Waals surface area contributed by atoms with Crippen LogP contribution in [-0.4, -0.2) is 48.2 Å². The van der Waals surface area contributed by atoms with E-state index in [0.717, 1.165) is 10.9 Å². The highest BCUT2D eigenvalue weighted by Gasteiger charge is 2.19. The van der Waals surface area contributed by atoms with E-state index < -0.39 is 0 Å². The average molecular weight is 317 g/mol. The fraction of sp³-hybridized carbons (Fsp3) is 0.353. The summed E-state index contributed by atoms with van der Waals surface area (Å²) >= 11 is 0. The van der Waals surface area contributed by atoms with E-state index >= 15 is 0 Å². The highest BCUT2D eigenvalue weighted by Crippen LogP contribution is 2.20. The van der Waals surface area contributed by atoms with Gasteiger partial charge < -0.3 is 19.9 Å². The largest absolute Gasteiger partial charge is 0.378 e. The van der Waals surface area contributed by atoms with Crippen LogP contribution in [0.1, 0.15) is 10.4 Å². The lowest BCUT2D eigenvalue weighted by atomic mass is 10.1. The molecule has 1 saturated heterocycles. The lowest BCUT2D eigenvalue weighted by Gasteiger charge is -2.26. The zero-order valence-corrected chi connectivity index (χ0v) is 12.9. The van der Waals surface area contributed by atoms with E-state index in [2.05, 4.69) is 0 Å². The van der Waals surface area contributed by atoms with Crippen molar-refractivity contribution in [2.75, 3.05) is 32.8 Å². The Morgan fingerprint density at radius 1 is 1.30 bits per heavy atom. The zero-order chi connectivity index (χ0) is 16.2. The average Bonchev–Trinajstić information content (AvgIpc) is 3.01. The summed E-state index contributed by atoms with van der Waals surface area (Å²) in [5.41, 5.74) is 7.65. The molecular weight excluding hydrogens is 297 g/mol. The Bertz CT molecular complexity index is 733. The third kappa shape index (κ3) is 3.28. The smallest absolute Gasteiger partial charge is 0.254 e. The third-order valence-electron chi connectivity index (χ3n) is 4.11. The molecule has 1 fully saturated rings. The molecule has 1 aliphatic heterocycles. The first-order valence-corrected chi connectivity index (χ1v) is 7.67. The number of rotatable bonds is 4. The summed E-state index contributed by atoms with van der Waals surface area (Å²) in [5.74, 6) is 0.0225. The molecule has 0 spiro atoms. The monoisotopic (exact) mass is 317 g/mol. The van der Waals surface area contributed by atoms with Crippen LogP contribution >= 0.6 is 0 Å². The summed E-state index contributed by atoms with van der Waals surface area (Å²) in [4.78, 5) is 14.3. The molecule has 1 aromatic carbocycles. The summed E-state index contributed by atoms with van der Waals surface area (Å²) in [5, 5.41) is 0.958. The SMILES string of the molecule is NCC(=CF)Cn1ccc2cc(C(=O)N3CCOCC3)ccc21. The van der Waals surface area contributed by atoms with Crippen molar-refractivity contribution in [3.05, 3.63) is 47.9 Å². The lowest BCUT2D eigenvalue weighted by molar-refractivity contribution is 0.0303. The number of fused-ring (bicyclic) bond motifs is 1. The van der Waals surface area contributed by atoms with Crippen LogP contribution in [0.5, 0.6) is 0 Å². The van der Waals surface area contributed by atoms with Gasteiger partial charge in [0.2, 0.25) is 0 Å². The third-order valence-corrected chi connectivity index (χ3v) is 4.11. The predicted molar refractivity (Wildman–Crippen MR) is 86.9 cm³/mol. The van der Waals surface area contributed by atoms with Crippen LogP contribution in [0.25, 0.3) is 10.9 Å². The minimum absolute atomic E-state index is 0.0225. The van der Waals surface area contributed by atoms with Gasteiger partial charge in [0, 0.05) is 48.8 Å². The Labute approximate surface area is 134 Å². The molecule has 2 heterocycles. The van der Waals surface area contributed by atoms with E-state index in [1.807, 2.05) is 35.0 Å². The summed E-state index contributed by atoms with van der Waals surface area (Å²) in [7, 11) is 0. The molecule has 2 aromatic rings. The number of morpholine rings is 1. The van der Waals surface area contributed by atoms with E-state index in [-0.39, 0.29) is 12.5 Å². The van der Waals surface area contributed by atoms with Crippen LogP contribution in [0.3, 0.4) is 0 Å². The number of nitrogens with zero attached hydrogens (tertiary/aromatic N) is 2. The molecular formula is C17H20FN3O2. The normalized spacial score (nSPS) is 16.1. The maximum atomic E-state index is 12.7. The van der Waals surface area contributed by atoms with Crippen molar-refractivity contribution in [2.45, 2.75) is 6.54 Å². The highest BCUT2D eigenvalue weighted by atomic mass is 19.1. The van der Waals surface area contributed by atoms with Crippen LogP contribution in [0, 0.1) is 0 Å². The number of ether oxygens (including phenoxy) is 1. The van der Waals surface area contributed by atoms with Gasteiger partial charge in [0.15, 0.2) is 0 Å². The summed E-state index contributed by atoms with van der Waals surface area (Å²) in [6.07, 6.45) is 2.44. The number of aromatic nitrogens is 1. The maximum absolute atomic E-state index is 12.7. The van der Waals surface area contributed by atoms with Gasteiger partial charge in [0.1, 0.15) is 0 Å². The summed E-state index contributed by atoms with van der Waals surface area (Å²) in [6.45, 7) is 3.01. The van der Waals surface area contributed by atoms with Crippen LogP contribution in [0.2, 0.25) is 0 Å². The molecule has 0 atom stereocenters. The Hall–Kier alpha value is -2.18. The topological polar surface area (TPSA) is 60.5 Å². The van der Waals surface area contributed by atoms with Crippen molar-refractivity contribution in [1.82, 2.24) is 9.47 Å². The first-order valence-electron chi connectivity index (χ1n) is 7.67. The Morgan fingerprint density at radius 2 is 2.09 bits per heavy atom. The minimum atomic E-state index is 0.0225. The number of benzene rings is 1. The second-order valence-electron chi connectivity index (χ2n) is 5.59. The van der Waals surface area contributed by atoms with Crippen LogP contribution in [0.15, 0.2) is 42.4 Å². The van der Waals surface area contributed by atoms with Crippen molar-refractivity contribution in [3.8, 4) is 0 Å². The number of amides is 1. The molecule has 5 nitrogen and oxygen atoms in total. The Balaban J connectivity index is 1.84. The zero-order valence-electron chi connectivity index (χ0n) is 12.9. The second kappa shape index (κ2) is 6.93. The van der Waals surface area contributed by atoms with E-state index in [0.29, 0.717) is 50.3 Å². The molecule has 1 amide bonds. The van der Waals surface area contributed by atoms with Gasteiger partial charge in [-0.25, -0.2) is 4.39 Å². The molecule has 122 valence electrons. The van der Waals surface area contributed by atoms with Gasteiger partial charge in [-0.1, -0.05) is 0 Å². The van der Waals surface area contributed by atoms with Crippen molar-refractivity contribution < 1.29 is 13.9 Å². The van der Waals surface area contributed by atoms with Crippen LogP contribution in [0.4, 0.5) is 4.39 Å². The number of hydrogen-bond donors (Lipinski definition) is 1. The molecule has 2 N–H and O–H groups in total. The van der Waals surface area contributed by atoms with E-state index in [1.165, 1.54) is 0 Å². The number of carbonyl (C=O) groups is 1. The molecule has 23 heavy (non-hydrogen) atoms. The predicted octanol–water partition coefficient (Wildman–Crippen LogP) is 1.93. The molecule has 0 saturated carbocycles. The Morgan fingerprint density at radius 3 is 2.78 bits per heavy atom. The van der Waals surface area contributed by atoms with Crippen LogP contribution < -0.4 is 5.73 Å². The molecule has 1 aliphatic rings. The van der Waals surface area contributed by atoms with Crippen LogP contribution in [-0.2, 0) is 11.3 Å². The molecule has 0 aliphatic carbocycles. The quantitative estimate of drug-likeness (QED) is 0.937. The van der Waals surface area contributed by atoms with E-state index in [9.17, 15) is 9.18 Å². The van der Waals surface area contributed by atoms with Gasteiger partial charge in [-0.05, 0) is 29.8 Å². The van der Waals surface area contributed by atoms with Gasteiger partial charge in [0.05, 0.1) is 19.5 Å². The van der Waals surface area contributed by atoms with Gasteiger partial charge in [-0.3, -0.25) is 4.79 Å². The van der Waals surface area contributed by atoms with Gasteiger partial charge >= 0.3 is 0 Å². The number of hydrogen-bond acceptors (Lipinski definition) is 3. The fourth-order valence-corrected chi connectivity index (χ4v) is 2.78. The number of halogens is 1.